The summed E-state index contributed by atoms with van der Waals surface area (Å²) in [6.07, 6.45) is -0.734. The van der Waals surface area contributed by atoms with Crippen LogP contribution in [0.4, 0.5) is 0 Å². The van der Waals surface area contributed by atoms with Gasteiger partial charge in [0.05, 0.1) is 16.5 Å². The summed E-state index contributed by atoms with van der Waals surface area (Å²) in [6.45, 7) is 1.62. The molecule has 0 bridgehead atoms. The zero-order valence-electron chi connectivity index (χ0n) is 12.3. The summed E-state index contributed by atoms with van der Waals surface area (Å²) >= 11 is 0. The van der Waals surface area contributed by atoms with Crippen LogP contribution in [0.25, 0.3) is 10.9 Å². The maximum absolute atomic E-state index is 12.1. The second kappa shape index (κ2) is 5.92. The van der Waals surface area contributed by atoms with Crippen LogP contribution in [0, 0.1) is 0 Å². The number of carbonyl (C=O) groups excluding carboxylic acids is 1. The van der Waals surface area contributed by atoms with E-state index < -0.39 is 12.1 Å². The van der Waals surface area contributed by atoms with Crippen LogP contribution in [-0.2, 0) is 4.74 Å². The summed E-state index contributed by atoms with van der Waals surface area (Å²) < 4.78 is 5.30. The molecule has 23 heavy (non-hydrogen) atoms. The molecule has 0 amide bonds. The van der Waals surface area contributed by atoms with E-state index in [9.17, 15) is 14.7 Å². The first-order chi connectivity index (χ1) is 11.0. The average Bonchev–Trinajstić information content (AvgIpc) is 2.54. The number of H-pyrrole nitrogens is 1. The Morgan fingerprint density at radius 1 is 1.22 bits per heavy atom. The smallest absolute Gasteiger partial charge is 0.338 e. The Morgan fingerprint density at radius 3 is 2.78 bits per heavy atom. The number of aromatic hydroxyl groups is 1. The highest BCUT2D eigenvalue weighted by Gasteiger charge is 2.17. The van der Waals surface area contributed by atoms with E-state index >= 15 is 0 Å². The van der Waals surface area contributed by atoms with Crippen LogP contribution in [-0.4, -0.2) is 21.0 Å². The van der Waals surface area contributed by atoms with Crippen LogP contribution in [0.15, 0.2) is 53.3 Å². The Hall–Kier alpha value is -3.15. The van der Waals surface area contributed by atoms with Crippen LogP contribution < -0.4 is 5.56 Å². The van der Waals surface area contributed by atoms with Crippen LogP contribution in [0.1, 0.15) is 29.2 Å². The number of ether oxygens (including phenoxy) is 1. The van der Waals surface area contributed by atoms with E-state index in [-0.39, 0.29) is 22.7 Å². The van der Waals surface area contributed by atoms with Gasteiger partial charge in [-0.1, -0.05) is 18.2 Å². The summed E-state index contributed by atoms with van der Waals surface area (Å²) in [5, 5.41) is 9.88. The number of esters is 1. The molecule has 0 saturated carbocycles. The van der Waals surface area contributed by atoms with Gasteiger partial charge in [-0.05, 0) is 37.3 Å². The van der Waals surface area contributed by atoms with Gasteiger partial charge in [0.1, 0.15) is 5.75 Å². The number of benzene rings is 2. The highest BCUT2D eigenvalue weighted by Crippen LogP contribution is 2.18. The molecule has 6 heteroatoms. The highest BCUT2D eigenvalue weighted by molar-refractivity contribution is 5.90. The Labute approximate surface area is 131 Å². The second-order valence-electron chi connectivity index (χ2n) is 5.07. The van der Waals surface area contributed by atoms with Crippen molar-refractivity contribution >= 4 is 16.9 Å². The maximum atomic E-state index is 12.1. The summed E-state index contributed by atoms with van der Waals surface area (Å²) in [7, 11) is 0. The third-order valence-corrected chi connectivity index (χ3v) is 3.38. The molecule has 0 aliphatic heterocycles. The van der Waals surface area contributed by atoms with Crippen LogP contribution >= 0.6 is 0 Å². The van der Waals surface area contributed by atoms with Crippen molar-refractivity contribution in [2.24, 2.45) is 0 Å². The fourth-order valence-corrected chi connectivity index (χ4v) is 2.21. The third kappa shape index (κ3) is 3.06. The quantitative estimate of drug-likeness (QED) is 0.725. The van der Waals surface area contributed by atoms with Gasteiger partial charge in [-0.25, -0.2) is 9.78 Å². The zero-order valence-corrected chi connectivity index (χ0v) is 12.3. The van der Waals surface area contributed by atoms with Crippen molar-refractivity contribution in [1.29, 1.82) is 0 Å². The third-order valence-electron chi connectivity index (χ3n) is 3.38. The summed E-state index contributed by atoms with van der Waals surface area (Å²) in [4.78, 5) is 31.1. The molecule has 2 aromatic carbocycles. The van der Waals surface area contributed by atoms with Crippen molar-refractivity contribution < 1.29 is 14.6 Å². The van der Waals surface area contributed by atoms with Crippen molar-refractivity contribution in [3.8, 4) is 5.75 Å². The van der Waals surface area contributed by atoms with Gasteiger partial charge in [-0.15, -0.1) is 0 Å². The first-order valence-electron chi connectivity index (χ1n) is 7.03. The van der Waals surface area contributed by atoms with E-state index in [2.05, 4.69) is 9.97 Å². The molecule has 6 nitrogen and oxygen atoms in total. The first kappa shape index (κ1) is 14.8. The normalized spacial score (nSPS) is 12.0. The zero-order chi connectivity index (χ0) is 16.4. The van der Waals surface area contributed by atoms with Crippen molar-refractivity contribution in [3.05, 3.63) is 70.3 Å². The van der Waals surface area contributed by atoms with Gasteiger partial charge in [0.2, 0.25) is 0 Å². The number of hydrogen-bond acceptors (Lipinski definition) is 5. The molecule has 1 heterocycles. The lowest BCUT2D eigenvalue weighted by Gasteiger charge is -2.13. The molecule has 0 fully saturated rings. The number of phenols is 1. The number of phenolic OH excluding ortho intramolecular Hbond substituents is 1. The SMILES string of the molecule is C[C@@H](OC(=O)c1cccc(O)c1)c1nc2ccccc2c(=O)[nH]1. The number of para-hydroxylation sites is 1. The number of rotatable bonds is 3. The van der Waals surface area contributed by atoms with Crippen molar-refractivity contribution in [3.63, 3.8) is 0 Å². The van der Waals surface area contributed by atoms with E-state index in [1.165, 1.54) is 18.2 Å². The number of nitrogens with one attached hydrogen (secondary N) is 1. The fraction of sp³-hybridized carbons (Fsp3) is 0.118. The summed E-state index contributed by atoms with van der Waals surface area (Å²) in [6, 6.07) is 12.8. The van der Waals surface area contributed by atoms with Crippen LogP contribution in [0.5, 0.6) is 5.75 Å². The van der Waals surface area contributed by atoms with Crippen LogP contribution in [0.2, 0.25) is 0 Å². The lowest BCUT2D eigenvalue weighted by Crippen LogP contribution is -2.17. The molecular formula is C17H14N2O4. The van der Waals surface area contributed by atoms with Crippen molar-refractivity contribution in [2.45, 2.75) is 13.0 Å². The molecule has 3 aromatic rings. The molecule has 116 valence electrons. The van der Waals surface area contributed by atoms with E-state index in [4.69, 9.17) is 4.74 Å². The Balaban J connectivity index is 1.87. The molecule has 0 radical (unpaired) electrons. The predicted molar refractivity (Wildman–Crippen MR) is 84.3 cm³/mol. The van der Waals surface area contributed by atoms with E-state index in [0.29, 0.717) is 10.9 Å². The van der Waals surface area contributed by atoms with Gasteiger partial charge < -0.3 is 14.8 Å². The van der Waals surface area contributed by atoms with E-state index in [1.807, 2.05) is 0 Å². The van der Waals surface area contributed by atoms with Crippen molar-refractivity contribution in [1.82, 2.24) is 9.97 Å². The second-order valence-corrected chi connectivity index (χ2v) is 5.07. The lowest BCUT2D eigenvalue weighted by molar-refractivity contribution is 0.0319. The highest BCUT2D eigenvalue weighted by atomic mass is 16.5. The largest absolute Gasteiger partial charge is 0.508 e. The topological polar surface area (TPSA) is 92.3 Å². The molecule has 1 atom stereocenters. The average molecular weight is 310 g/mol. The molecule has 0 saturated heterocycles. The monoisotopic (exact) mass is 310 g/mol. The van der Waals surface area contributed by atoms with Crippen LogP contribution in [0.3, 0.4) is 0 Å². The maximum Gasteiger partial charge on any atom is 0.338 e. The minimum absolute atomic E-state index is 0.0238. The fourth-order valence-electron chi connectivity index (χ4n) is 2.21. The number of carbonyl (C=O) groups is 1. The summed E-state index contributed by atoms with van der Waals surface area (Å²) in [5.41, 5.74) is 0.470. The molecule has 0 aliphatic carbocycles. The number of aromatic amines is 1. The van der Waals surface area contributed by atoms with E-state index in [1.54, 1.807) is 37.3 Å². The number of nitrogens with zero attached hydrogens (tertiary/aromatic N) is 1. The van der Waals surface area contributed by atoms with E-state index in [0.717, 1.165) is 0 Å². The minimum Gasteiger partial charge on any atom is -0.508 e. The van der Waals surface area contributed by atoms with Gasteiger partial charge in [0, 0.05) is 0 Å². The Morgan fingerprint density at radius 2 is 2.00 bits per heavy atom. The molecule has 0 spiro atoms. The predicted octanol–water partition coefficient (Wildman–Crippen LogP) is 2.55. The molecular weight excluding hydrogens is 296 g/mol. The summed E-state index contributed by atoms with van der Waals surface area (Å²) in [5.74, 6) is -0.365. The van der Waals surface area contributed by atoms with Gasteiger partial charge >= 0.3 is 5.97 Å². The number of hydrogen-bond donors (Lipinski definition) is 2. The molecule has 2 N–H and O–H groups in total. The molecule has 0 unspecified atom stereocenters. The number of fused-ring (bicyclic) bond motifs is 1. The first-order valence-corrected chi connectivity index (χ1v) is 7.03. The standard InChI is InChI=1S/C17H14N2O4/c1-10(23-17(22)11-5-4-6-12(20)9-11)15-18-14-8-3-2-7-13(14)16(21)19-15/h2-10,20H,1H3,(H,18,19,21)/t10-/m1/s1. The Kier molecular flexibility index (Phi) is 3.80. The minimum atomic E-state index is -0.734. The number of aromatic nitrogens is 2. The lowest BCUT2D eigenvalue weighted by atomic mass is 10.2. The molecule has 1 aromatic heterocycles. The molecule has 0 aliphatic rings. The van der Waals surface area contributed by atoms with Gasteiger partial charge in [-0.2, -0.15) is 0 Å². The van der Waals surface area contributed by atoms with Crippen molar-refractivity contribution in [2.75, 3.05) is 0 Å². The van der Waals surface area contributed by atoms with Gasteiger partial charge in [-0.3, -0.25) is 4.79 Å². The Bertz CT molecular complexity index is 933. The molecule has 3 rings (SSSR count). The van der Waals surface area contributed by atoms with Gasteiger partial charge in [0.15, 0.2) is 11.9 Å². The van der Waals surface area contributed by atoms with Gasteiger partial charge in [0.25, 0.3) is 5.56 Å².